The van der Waals surface area contributed by atoms with Crippen molar-refractivity contribution in [3.05, 3.63) is 60.7 Å². The van der Waals surface area contributed by atoms with E-state index in [2.05, 4.69) is 37.0 Å². The van der Waals surface area contributed by atoms with Crippen LogP contribution in [0.5, 0.6) is 5.75 Å². The lowest BCUT2D eigenvalue weighted by Crippen LogP contribution is -2.27. The maximum Gasteiger partial charge on any atom is 0.306 e. The van der Waals surface area contributed by atoms with Gasteiger partial charge in [0, 0.05) is 53.8 Å². The summed E-state index contributed by atoms with van der Waals surface area (Å²) in [5, 5.41) is 5.20. The van der Waals surface area contributed by atoms with Crippen LogP contribution in [0.25, 0.3) is 22.2 Å². The van der Waals surface area contributed by atoms with E-state index in [0.717, 1.165) is 39.2 Å². The fourth-order valence-electron chi connectivity index (χ4n) is 3.26. The van der Waals surface area contributed by atoms with Crippen LogP contribution in [0.4, 0.5) is 5.69 Å². The van der Waals surface area contributed by atoms with E-state index in [1.807, 2.05) is 56.1 Å². The molecule has 1 aliphatic heterocycles. The number of fused-ring (bicyclic) bond motifs is 1. The van der Waals surface area contributed by atoms with E-state index in [-0.39, 0.29) is 0 Å². The molecule has 0 radical (unpaired) electrons. The van der Waals surface area contributed by atoms with E-state index in [1.54, 1.807) is 11.8 Å². The third kappa shape index (κ3) is 3.27. The Labute approximate surface area is 166 Å². The molecular weight excluding hydrogens is 370 g/mol. The van der Waals surface area contributed by atoms with Gasteiger partial charge in [-0.3, -0.25) is 10.1 Å². The number of hydrogen-bond donors (Lipinski definition) is 3. The van der Waals surface area contributed by atoms with Crippen molar-refractivity contribution in [2.75, 3.05) is 7.11 Å². The number of aromatic amines is 1. The second-order valence-electron chi connectivity index (χ2n) is 6.65. The molecule has 3 aromatic heterocycles. The molecule has 1 atom stereocenters. The molecule has 0 bridgehead atoms. The van der Waals surface area contributed by atoms with Gasteiger partial charge in [-0.25, -0.2) is 4.98 Å². The van der Waals surface area contributed by atoms with Crippen LogP contribution in [-0.2, 0) is 11.8 Å². The summed E-state index contributed by atoms with van der Waals surface area (Å²) in [6.45, 7) is 0. The quantitative estimate of drug-likeness (QED) is 0.496. The Morgan fingerprint density at radius 2 is 2.14 bits per heavy atom. The molecular formula is C20H19N7O2. The van der Waals surface area contributed by atoms with E-state index >= 15 is 0 Å². The molecule has 1 fully saturated rings. The van der Waals surface area contributed by atoms with Crippen molar-refractivity contribution >= 4 is 22.7 Å². The molecule has 0 aliphatic carbocycles. The minimum Gasteiger partial charge on any atom is -0.497 e. The van der Waals surface area contributed by atoms with Crippen LogP contribution in [0, 0.1) is 0 Å². The van der Waals surface area contributed by atoms with Gasteiger partial charge in [0.25, 0.3) is 0 Å². The number of aromatic nitrogens is 4. The minimum absolute atomic E-state index is 0.383. The molecule has 4 aromatic rings. The Hall–Kier alpha value is -3.85. The van der Waals surface area contributed by atoms with E-state index < -0.39 is 6.23 Å². The highest BCUT2D eigenvalue weighted by Crippen LogP contribution is 2.30. The van der Waals surface area contributed by atoms with Crippen LogP contribution in [0.15, 0.2) is 60.1 Å². The maximum absolute atomic E-state index is 5.96. The summed E-state index contributed by atoms with van der Waals surface area (Å²) < 4.78 is 13.0. The Morgan fingerprint density at radius 1 is 1.21 bits per heavy atom. The van der Waals surface area contributed by atoms with Gasteiger partial charge in [0.15, 0.2) is 6.23 Å². The molecule has 4 heterocycles. The normalized spacial score (nSPS) is 17.4. The standard InChI is InChI=1S/C20H19N7O2/c1-27-11-13(9-23-27)12-6-16-17(10-22-18(16)21-8-12)19-25-26-20(29-19)24-14-4-3-5-15(7-14)28-2/h3-11,19,25H,1-2H3,(H,21,22)(H,24,26). The number of aryl methyl sites for hydroxylation is 1. The van der Waals surface area contributed by atoms with Crippen molar-refractivity contribution < 1.29 is 9.47 Å². The molecule has 29 heavy (non-hydrogen) atoms. The number of methoxy groups -OCH3 is 1. The van der Waals surface area contributed by atoms with Crippen LogP contribution in [0.2, 0.25) is 0 Å². The first-order valence-corrected chi connectivity index (χ1v) is 9.06. The number of ether oxygens (including phenoxy) is 2. The Bertz CT molecular complexity index is 1210. The first-order chi connectivity index (χ1) is 14.2. The van der Waals surface area contributed by atoms with Crippen molar-refractivity contribution in [2.24, 2.45) is 12.0 Å². The molecule has 0 saturated carbocycles. The zero-order valence-corrected chi connectivity index (χ0v) is 15.9. The minimum atomic E-state index is -0.404. The van der Waals surface area contributed by atoms with Crippen LogP contribution in [0.1, 0.15) is 11.8 Å². The number of nitrogens with zero attached hydrogens (tertiary/aromatic N) is 4. The Balaban J connectivity index is 1.43. The summed E-state index contributed by atoms with van der Waals surface area (Å²) in [4.78, 5) is 12.2. The van der Waals surface area contributed by atoms with Crippen LogP contribution in [-0.4, -0.2) is 32.9 Å². The summed E-state index contributed by atoms with van der Waals surface area (Å²) in [6.07, 6.45) is 7.09. The summed E-state index contributed by atoms with van der Waals surface area (Å²) in [5.41, 5.74) is 10.5. The SMILES string of the molecule is COc1cccc(N=C2NNC(c3c[nH]c4ncc(-c5cnn(C)c5)cc34)O2)c1. The summed E-state index contributed by atoms with van der Waals surface area (Å²) in [5.74, 6) is 0.736. The molecule has 5 rings (SSSR count). The fraction of sp³-hybridized carbons (Fsp3) is 0.150. The van der Waals surface area contributed by atoms with E-state index in [9.17, 15) is 0 Å². The maximum atomic E-state index is 5.96. The van der Waals surface area contributed by atoms with Gasteiger partial charge in [0.05, 0.1) is 19.0 Å². The van der Waals surface area contributed by atoms with Crippen molar-refractivity contribution in [3.63, 3.8) is 0 Å². The number of hydrazine groups is 1. The predicted octanol–water partition coefficient (Wildman–Crippen LogP) is 2.78. The molecule has 1 aliphatic rings. The number of benzene rings is 1. The van der Waals surface area contributed by atoms with Crippen LogP contribution in [0.3, 0.4) is 0 Å². The zero-order chi connectivity index (χ0) is 19.8. The lowest BCUT2D eigenvalue weighted by molar-refractivity contribution is 0.201. The third-order valence-electron chi connectivity index (χ3n) is 4.71. The number of rotatable bonds is 4. The van der Waals surface area contributed by atoms with E-state index in [4.69, 9.17) is 9.47 Å². The van der Waals surface area contributed by atoms with Gasteiger partial charge in [-0.2, -0.15) is 15.5 Å². The molecule has 0 spiro atoms. The van der Waals surface area contributed by atoms with Crippen molar-refractivity contribution in [3.8, 4) is 16.9 Å². The van der Waals surface area contributed by atoms with E-state index in [1.165, 1.54) is 0 Å². The molecule has 146 valence electrons. The number of H-pyrrole nitrogens is 1. The van der Waals surface area contributed by atoms with Gasteiger partial charge < -0.3 is 14.5 Å². The fourth-order valence-corrected chi connectivity index (χ4v) is 3.26. The topological polar surface area (TPSA) is 101 Å². The van der Waals surface area contributed by atoms with Gasteiger partial charge in [-0.05, 0) is 18.2 Å². The van der Waals surface area contributed by atoms with Gasteiger partial charge in [0.1, 0.15) is 11.4 Å². The molecule has 0 amide bonds. The highest BCUT2D eigenvalue weighted by atomic mass is 16.5. The average molecular weight is 389 g/mol. The predicted molar refractivity (Wildman–Crippen MR) is 108 cm³/mol. The van der Waals surface area contributed by atoms with Crippen molar-refractivity contribution in [1.82, 2.24) is 30.6 Å². The second kappa shape index (κ2) is 6.95. The summed E-state index contributed by atoms with van der Waals surface area (Å²) >= 11 is 0. The monoisotopic (exact) mass is 389 g/mol. The Kier molecular flexibility index (Phi) is 4.14. The van der Waals surface area contributed by atoms with E-state index in [0.29, 0.717) is 6.02 Å². The second-order valence-corrected chi connectivity index (χ2v) is 6.65. The number of hydrogen-bond acceptors (Lipinski definition) is 6. The van der Waals surface area contributed by atoms with Crippen molar-refractivity contribution in [2.45, 2.75) is 6.23 Å². The summed E-state index contributed by atoms with van der Waals surface area (Å²) in [7, 11) is 3.52. The molecule has 3 N–H and O–H groups in total. The zero-order valence-electron chi connectivity index (χ0n) is 15.9. The van der Waals surface area contributed by atoms with Crippen LogP contribution < -0.4 is 15.6 Å². The van der Waals surface area contributed by atoms with Crippen molar-refractivity contribution in [1.29, 1.82) is 0 Å². The first kappa shape index (κ1) is 17.3. The lowest BCUT2D eigenvalue weighted by Gasteiger charge is -2.07. The average Bonchev–Trinajstić information content (AvgIpc) is 3.47. The largest absolute Gasteiger partial charge is 0.497 e. The number of amidine groups is 1. The van der Waals surface area contributed by atoms with Crippen LogP contribution >= 0.6 is 0 Å². The number of nitrogens with one attached hydrogen (secondary N) is 3. The van der Waals surface area contributed by atoms with Gasteiger partial charge in [-0.15, -0.1) is 0 Å². The Morgan fingerprint density at radius 3 is 2.97 bits per heavy atom. The number of pyridine rings is 1. The molecule has 1 unspecified atom stereocenters. The smallest absolute Gasteiger partial charge is 0.306 e. The van der Waals surface area contributed by atoms with Gasteiger partial charge in [-0.1, -0.05) is 6.07 Å². The molecule has 1 saturated heterocycles. The highest BCUT2D eigenvalue weighted by Gasteiger charge is 2.25. The van der Waals surface area contributed by atoms with Gasteiger partial charge >= 0.3 is 6.02 Å². The molecule has 9 heteroatoms. The summed E-state index contributed by atoms with van der Waals surface area (Å²) in [6, 6.07) is 9.92. The highest BCUT2D eigenvalue weighted by molar-refractivity contribution is 5.86. The van der Waals surface area contributed by atoms with Gasteiger partial charge in [0.2, 0.25) is 0 Å². The molecule has 1 aromatic carbocycles. The number of aliphatic imine (C=N–C) groups is 1. The lowest BCUT2D eigenvalue weighted by atomic mass is 10.1. The third-order valence-corrected chi connectivity index (χ3v) is 4.71. The first-order valence-electron chi connectivity index (χ1n) is 9.06. The molecule has 9 nitrogen and oxygen atoms in total.